The van der Waals surface area contributed by atoms with Crippen LogP contribution in [0.5, 0.6) is 0 Å². The van der Waals surface area contributed by atoms with Crippen LogP contribution in [0.25, 0.3) is 0 Å². The van der Waals surface area contributed by atoms with E-state index in [1.807, 2.05) is 6.07 Å². The van der Waals surface area contributed by atoms with E-state index < -0.39 is 6.10 Å². The number of aliphatic hydroxyl groups is 1. The molecule has 0 bridgehead atoms. The van der Waals surface area contributed by atoms with Gasteiger partial charge >= 0.3 is 0 Å². The number of hydrogen-bond acceptors (Lipinski definition) is 1. The summed E-state index contributed by atoms with van der Waals surface area (Å²) in [6.07, 6.45) is 2.98. The van der Waals surface area contributed by atoms with E-state index >= 15 is 0 Å². The lowest BCUT2D eigenvalue weighted by molar-refractivity contribution is 0.199. The Hall–Kier alpha value is -0.530. The number of benzene rings is 1. The first-order valence-corrected chi connectivity index (χ1v) is 5.05. The number of hydrogen-bond donors (Lipinski definition) is 1. The van der Waals surface area contributed by atoms with Gasteiger partial charge in [-0.25, -0.2) is 0 Å². The van der Waals surface area contributed by atoms with Crippen molar-refractivity contribution in [1.82, 2.24) is 0 Å². The molecule has 1 N–H and O–H groups in total. The van der Waals surface area contributed by atoms with Gasteiger partial charge in [-0.15, -0.1) is 0 Å². The fourth-order valence-electron chi connectivity index (χ4n) is 1.92. The highest BCUT2D eigenvalue weighted by atomic mass is 35.5. The van der Waals surface area contributed by atoms with Gasteiger partial charge in [-0.3, -0.25) is 0 Å². The lowest BCUT2D eigenvalue weighted by Gasteiger charge is -2.09. The maximum Gasteiger partial charge on any atom is 0.0762 e. The number of rotatable bonds is 1. The van der Waals surface area contributed by atoms with Crippen LogP contribution < -0.4 is 0 Å². The molecule has 1 atom stereocenters. The first-order valence-electron chi connectivity index (χ1n) is 4.68. The highest BCUT2D eigenvalue weighted by Crippen LogP contribution is 2.31. The topological polar surface area (TPSA) is 20.2 Å². The maximum atomic E-state index is 9.42. The van der Waals surface area contributed by atoms with Crippen LogP contribution in [-0.2, 0) is 12.8 Å². The molecular weight excluding hydrogens is 184 g/mol. The van der Waals surface area contributed by atoms with Crippen LogP contribution in [0.2, 0.25) is 5.02 Å². The predicted molar refractivity (Wildman–Crippen MR) is 54.1 cm³/mol. The smallest absolute Gasteiger partial charge is 0.0762 e. The minimum absolute atomic E-state index is 0.414. The molecule has 2 rings (SSSR count). The summed E-state index contributed by atoms with van der Waals surface area (Å²) >= 11 is 6.11. The normalized spacial score (nSPS) is 17.2. The van der Waals surface area contributed by atoms with Crippen LogP contribution in [0.1, 0.15) is 36.1 Å². The summed E-state index contributed by atoms with van der Waals surface area (Å²) in [5, 5.41) is 10.2. The summed E-state index contributed by atoms with van der Waals surface area (Å²) in [4.78, 5) is 0. The third-order valence-electron chi connectivity index (χ3n) is 2.67. The quantitative estimate of drug-likeness (QED) is 0.733. The summed E-state index contributed by atoms with van der Waals surface area (Å²) < 4.78 is 0. The predicted octanol–water partition coefficient (Wildman–Crippen LogP) is 2.88. The molecule has 0 aliphatic heterocycles. The van der Waals surface area contributed by atoms with Gasteiger partial charge in [-0.1, -0.05) is 17.7 Å². The van der Waals surface area contributed by atoms with E-state index in [-0.39, 0.29) is 0 Å². The monoisotopic (exact) mass is 196 g/mol. The van der Waals surface area contributed by atoms with Crippen molar-refractivity contribution in [2.75, 3.05) is 0 Å². The number of aryl methyl sites for hydroxylation is 1. The third-order valence-corrected chi connectivity index (χ3v) is 3.00. The van der Waals surface area contributed by atoms with Crippen LogP contribution in [0.3, 0.4) is 0 Å². The van der Waals surface area contributed by atoms with E-state index in [0.717, 1.165) is 23.4 Å². The highest BCUT2D eigenvalue weighted by molar-refractivity contribution is 6.31. The van der Waals surface area contributed by atoms with Crippen molar-refractivity contribution in [2.45, 2.75) is 32.3 Å². The summed E-state index contributed by atoms with van der Waals surface area (Å²) in [6, 6.07) is 3.97. The van der Waals surface area contributed by atoms with E-state index in [9.17, 15) is 5.11 Å². The standard InChI is InChI=1S/C11H13ClO/c1-7(13)9-5-8-3-2-4-10(8)11(12)6-9/h5-7,13H,2-4H2,1H3. The number of aliphatic hydroxyl groups excluding tert-OH is 1. The second-order valence-electron chi connectivity index (χ2n) is 3.67. The van der Waals surface area contributed by atoms with Crippen molar-refractivity contribution < 1.29 is 5.11 Å². The molecule has 13 heavy (non-hydrogen) atoms. The van der Waals surface area contributed by atoms with Gasteiger partial charge in [0.2, 0.25) is 0 Å². The molecule has 0 aromatic heterocycles. The van der Waals surface area contributed by atoms with Crippen LogP contribution in [0.4, 0.5) is 0 Å². The van der Waals surface area contributed by atoms with Crippen LogP contribution >= 0.6 is 11.6 Å². The minimum atomic E-state index is -0.414. The average Bonchev–Trinajstić information content (AvgIpc) is 2.51. The minimum Gasteiger partial charge on any atom is -0.389 e. The fraction of sp³-hybridized carbons (Fsp3) is 0.455. The molecule has 1 unspecified atom stereocenters. The number of fused-ring (bicyclic) bond motifs is 1. The third kappa shape index (κ3) is 1.59. The lowest BCUT2D eigenvalue weighted by Crippen LogP contribution is -1.94. The van der Waals surface area contributed by atoms with Gasteiger partial charge in [0, 0.05) is 5.02 Å². The van der Waals surface area contributed by atoms with E-state index in [1.54, 1.807) is 6.92 Å². The van der Waals surface area contributed by atoms with E-state index in [1.165, 1.54) is 17.5 Å². The van der Waals surface area contributed by atoms with Crippen LogP contribution in [0.15, 0.2) is 12.1 Å². The van der Waals surface area contributed by atoms with E-state index in [4.69, 9.17) is 11.6 Å². The van der Waals surface area contributed by atoms with Crippen LogP contribution in [-0.4, -0.2) is 5.11 Å². The summed E-state index contributed by atoms with van der Waals surface area (Å²) in [5.74, 6) is 0. The van der Waals surface area contributed by atoms with Gasteiger partial charge in [0.1, 0.15) is 0 Å². The zero-order valence-corrected chi connectivity index (χ0v) is 8.43. The van der Waals surface area contributed by atoms with Crippen molar-refractivity contribution >= 4 is 11.6 Å². The molecule has 0 heterocycles. The Kier molecular flexibility index (Phi) is 2.31. The van der Waals surface area contributed by atoms with E-state index in [0.29, 0.717) is 0 Å². The Morgan fingerprint density at radius 2 is 2.15 bits per heavy atom. The van der Waals surface area contributed by atoms with Gasteiger partial charge in [0.05, 0.1) is 6.10 Å². The number of halogens is 1. The molecule has 70 valence electrons. The zero-order valence-electron chi connectivity index (χ0n) is 7.68. The van der Waals surface area contributed by atoms with Crippen molar-refractivity contribution in [3.63, 3.8) is 0 Å². The van der Waals surface area contributed by atoms with Gasteiger partial charge in [-0.2, -0.15) is 0 Å². The molecule has 1 aliphatic rings. The molecule has 2 heteroatoms. The Morgan fingerprint density at radius 1 is 1.38 bits per heavy atom. The first-order chi connectivity index (χ1) is 6.18. The Balaban J connectivity index is 2.49. The maximum absolute atomic E-state index is 9.42. The molecule has 0 radical (unpaired) electrons. The summed E-state index contributed by atoms with van der Waals surface area (Å²) in [7, 11) is 0. The largest absolute Gasteiger partial charge is 0.389 e. The van der Waals surface area contributed by atoms with Gasteiger partial charge in [0.25, 0.3) is 0 Å². The van der Waals surface area contributed by atoms with Crippen molar-refractivity contribution in [1.29, 1.82) is 0 Å². The average molecular weight is 197 g/mol. The van der Waals surface area contributed by atoms with Crippen molar-refractivity contribution in [3.05, 3.63) is 33.8 Å². The molecule has 0 amide bonds. The van der Waals surface area contributed by atoms with Crippen LogP contribution in [0, 0.1) is 0 Å². The van der Waals surface area contributed by atoms with Crippen molar-refractivity contribution in [2.24, 2.45) is 0 Å². The summed E-state index contributed by atoms with van der Waals surface area (Å²) in [6.45, 7) is 1.77. The van der Waals surface area contributed by atoms with Crippen molar-refractivity contribution in [3.8, 4) is 0 Å². The Morgan fingerprint density at radius 3 is 2.85 bits per heavy atom. The zero-order chi connectivity index (χ0) is 9.42. The SMILES string of the molecule is CC(O)c1cc(Cl)c2c(c1)CCC2. The molecule has 1 nitrogen and oxygen atoms in total. The van der Waals surface area contributed by atoms with Gasteiger partial charge in [-0.05, 0) is 48.9 Å². The molecule has 1 aromatic rings. The Labute approximate surface area is 83.3 Å². The second-order valence-corrected chi connectivity index (χ2v) is 4.08. The Bertz CT molecular complexity index is 331. The van der Waals surface area contributed by atoms with Gasteiger partial charge < -0.3 is 5.11 Å². The molecule has 1 aliphatic carbocycles. The summed E-state index contributed by atoms with van der Waals surface area (Å²) in [5.41, 5.74) is 3.54. The lowest BCUT2D eigenvalue weighted by atomic mass is 10.0. The molecule has 1 aromatic carbocycles. The molecule has 0 fully saturated rings. The molecule has 0 saturated carbocycles. The fourth-order valence-corrected chi connectivity index (χ4v) is 2.26. The molecule has 0 spiro atoms. The van der Waals surface area contributed by atoms with E-state index in [2.05, 4.69) is 6.07 Å². The molecule has 0 saturated heterocycles. The highest BCUT2D eigenvalue weighted by Gasteiger charge is 2.16. The van der Waals surface area contributed by atoms with Gasteiger partial charge in [0.15, 0.2) is 0 Å². The first kappa shape index (κ1) is 9.04. The second kappa shape index (κ2) is 3.32. The molecular formula is C11H13ClO.